The predicted molar refractivity (Wildman–Crippen MR) is 74.2 cm³/mol. The Kier molecular flexibility index (Phi) is 6.90. The van der Waals surface area contributed by atoms with E-state index in [0.717, 1.165) is 32.7 Å². The van der Waals surface area contributed by atoms with E-state index < -0.39 is 0 Å². The zero-order chi connectivity index (χ0) is 11.2. The lowest BCUT2D eigenvalue weighted by Crippen LogP contribution is -2.39. The summed E-state index contributed by atoms with van der Waals surface area (Å²) in [5.41, 5.74) is 1.37. The maximum Gasteiger partial charge on any atom is 0.0594 e. The molecular weight excluding hydrogens is 257 g/mol. The molecule has 0 saturated carbocycles. The summed E-state index contributed by atoms with van der Waals surface area (Å²) in [7, 11) is 0. The Labute approximate surface area is 114 Å². The Morgan fingerprint density at radius 3 is 2.41 bits per heavy atom. The molecule has 1 heterocycles. The van der Waals surface area contributed by atoms with Crippen molar-refractivity contribution in [1.82, 2.24) is 4.90 Å². The lowest BCUT2D eigenvalue weighted by atomic mass is 10.0. The number of ether oxygens (including phenoxy) is 1. The molecule has 0 spiro atoms. The van der Waals surface area contributed by atoms with Crippen LogP contribution in [0, 0.1) is 0 Å². The van der Waals surface area contributed by atoms with E-state index in [1.807, 2.05) is 0 Å². The number of rotatable bonds is 4. The van der Waals surface area contributed by atoms with E-state index in [0.29, 0.717) is 11.9 Å². The van der Waals surface area contributed by atoms with Crippen molar-refractivity contribution < 1.29 is 4.74 Å². The third-order valence-corrected chi connectivity index (χ3v) is 3.27. The van der Waals surface area contributed by atoms with Crippen molar-refractivity contribution in [2.24, 2.45) is 0 Å². The highest BCUT2D eigenvalue weighted by Gasteiger charge is 2.21. The number of morpholine rings is 1. The topological polar surface area (TPSA) is 12.5 Å². The highest BCUT2D eigenvalue weighted by Crippen LogP contribution is 2.25. The van der Waals surface area contributed by atoms with Gasteiger partial charge in [-0.15, -0.1) is 24.0 Å². The molecule has 1 aromatic rings. The van der Waals surface area contributed by atoms with Gasteiger partial charge in [-0.2, -0.15) is 0 Å². The van der Waals surface area contributed by atoms with Gasteiger partial charge in [0.1, 0.15) is 0 Å². The molecule has 0 aliphatic carbocycles. The van der Waals surface area contributed by atoms with Crippen LogP contribution < -0.4 is 0 Å². The highest BCUT2D eigenvalue weighted by molar-refractivity contribution is 6.17. The summed E-state index contributed by atoms with van der Waals surface area (Å²) in [5, 5.41) is 0. The largest absolute Gasteiger partial charge is 0.379 e. The van der Waals surface area contributed by atoms with Crippen LogP contribution >= 0.6 is 24.0 Å². The summed E-state index contributed by atoms with van der Waals surface area (Å²) in [5.74, 6) is 0.705. The van der Waals surface area contributed by atoms with Gasteiger partial charge >= 0.3 is 0 Å². The Bertz CT molecular complexity index is 302. The van der Waals surface area contributed by atoms with Crippen LogP contribution in [0.5, 0.6) is 0 Å². The fourth-order valence-corrected chi connectivity index (χ4v) is 2.43. The first-order valence-electron chi connectivity index (χ1n) is 5.84. The number of hydrogen-bond acceptors (Lipinski definition) is 2. The molecule has 0 bridgehead atoms. The van der Waals surface area contributed by atoms with Gasteiger partial charge in [0.25, 0.3) is 0 Å². The van der Waals surface area contributed by atoms with E-state index in [9.17, 15) is 0 Å². The molecule has 0 radical (unpaired) electrons. The maximum absolute atomic E-state index is 5.91. The van der Waals surface area contributed by atoms with Crippen LogP contribution in [0.25, 0.3) is 0 Å². The van der Waals surface area contributed by atoms with E-state index in [4.69, 9.17) is 16.3 Å². The van der Waals surface area contributed by atoms with Crippen LogP contribution in [0.3, 0.4) is 0 Å². The fourth-order valence-electron chi connectivity index (χ4n) is 2.23. The van der Waals surface area contributed by atoms with Crippen molar-refractivity contribution in [1.29, 1.82) is 0 Å². The van der Waals surface area contributed by atoms with Crippen molar-refractivity contribution in [2.75, 3.05) is 32.2 Å². The van der Waals surface area contributed by atoms with E-state index in [2.05, 4.69) is 35.2 Å². The smallest absolute Gasteiger partial charge is 0.0594 e. The molecule has 1 atom stereocenters. The third-order valence-electron chi connectivity index (χ3n) is 3.05. The summed E-state index contributed by atoms with van der Waals surface area (Å²) in [4.78, 5) is 2.47. The van der Waals surface area contributed by atoms with Gasteiger partial charge in [0.15, 0.2) is 0 Å². The van der Waals surface area contributed by atoms with Crippen molar-refractivity contribution >= 4 is 24.0 Å². The Morgan fingerprint density at radius 1 is 1.18 bits per heavy atom. The quantitative estimate of drug-likeness (QED) is 0.783. The second-order valence-electron chi connectivity index (χ2n) is 4.05. The lowest BCUT2D eigenvalue weighted by molar-refractivity contribution is 0.0154. The first-order chi connectivity index (χ1) is 7.92. The monoisotopic (exact) mass is 275 g/mol. The number of halogens is 2. The van der Waals surface area contributed by atoms with Crippen LogP contribution in [0.1, 0.15) is 18.0 Å². The SMILES string of the molecule is Cl.ClCCC(c1ccccc1)N1CCOCC1. The Balaban J connectivity index is 0.00000144. The summed E-state index contributed by atoms with van der Waals surface area (Å²) in [6.45, 7) is 3.70. The van der Waals surface area contributed by atoms with Crippen LogP contribution in [0.2, 0.25) is 0 Å². The molecule has 1 aliphatic rings. The van der Waals surface area contributed by atoms with Gasteiger partial charge in [-0.05, 0) is 12.0 Å². The minimum atomic E-state index is 0. The van der Waals surface area contributed by atoms with E-state index in [-0.39, 0.29) is 12.4 Å². The molecule has 1 saturated heterocycles. The number of hydrogen-bond donors (Lipinski definition) is 0. The normalized spacial score (nSPS) is 18.4. The molecule has 2 nitrogen and oxygen atoms in total. The first kappa shape index (κ1) is 14.8. The van der Waals surface area contributed by atoms with Crippen molar-refractivity contribution in [3.63, 3.8) is 0 Å². The lowest BCUT2D eigenvalue weighted by Gasteiger charge is -2.34. The summed E-state index contributed by atoms with van der Waals surface area (Å²) in [6, 6.07) is 11.1. The summed E-state index contributed by atoms with van der Waals surface area (Å²) >= 11 is 5.91. The van der Waals surface area contributed by atoms with Gasteiger partial charge in [0.2, 0.25) is 0 Å². The van der Waals surface area contributed by atoms with Crippen LogP contribution in [0.4, 0.5) is 0 Å². The van der Waals surface area contributed by atoms with Gasteiger partial charge in [0, 0.05) is 25.0 Å². The van der Waals surface area contributed by atoms with Gasteiger partial charge in [-0.3, -0.25) is 4.90 Å². The summed E-state index contributed by atoms with van der Waals surface area (Å²) < 4.78 is 5.39. The molecule has 1 aliphatic heterocycles. The molecule has 96 valence electrons. The van der Waals surface area contributed by atoms with E-state index in [1.54, 1.807) is 0 Å². The van der Waals surface area contributed by atoms with Crippen LogP contribution in [-0.2, 0) is 4.74 Å². The van der Waals surface area contributed by atoms with Crippen molar-refractivity contribution in [3.05, 3.63) is 35.9 Å². The van der Waals surface area contributed by atoms with Crippen LogP contribution in [-0.4, -0.2) is 37.1 Å². The first-order valence-corrected chi connectivity index (χ1v) is 6.38. The molecule has 1 fully saturated rings. The molecule has 2 rings (SSSR count). The van der Waals surface area contributed by atoms with Gasteiger partial charge in [-0.1, -0.05) is 30.3 Å². The van der Waals surface area contributed by atoms with E-state index >= 15 is 0 Å². The molecule has 4 heteroatoms. The fraction of sp³-hybridized carbons (Fsp3) is 0.538. The maximum atomic E-state index is 5.91. The molecule has 17 heavy (non-hydrogen) atoms. The minimum absolute atomic E-state index is 0. The zero-order valence-electron chi connectivity index (χ0n) is 9.85. The van der Waals surface area contributed by atoms with Gasteiger partial charge in [0.05, 0.1) is 13.2 Å². The average molecular weight is 276 g/mol. The summed E-state index contributed by atoms with van der Waals surface area (Å²) in [6.07, 6.45) is 1.01. The predicted octanol–water partition coefficient (Wildman–Crippen LogP) is 3.11. The van der Waals surface area contributed by atoms with Crippen molar-refractivity contribution in [2.45, 2.75) is 12.5 Å². The minimum Gasteiger partial charge on any atom is -0.379 e. The van der Waals surface area contributed by atoms with Crippen LogP contribution in [0.15, 0.2) is 30.3 Å². The number of benzene rings is 1. The average Bonchev–Trinajstić information content (AvgIpc) is 2.38. The van der Waals surface area contributed by atoms with Gasteiger partial charge in [-0.25, -0.2) is 0 Å². The van der Waals surface area contributed by atoms with E-state index in [1.165, 1.54) is 5.56 Å². The highest BCUT2D eigenvalue weighted by atomic mass is 35.5. The molecule has 1 aromatic carbocycles. The molecule has 0 amide bonds. The standard InChI is InChI=1S/C13H18ClNO.ClH/c14-7-6-13(12-4-2-1-3-5-12)15-8-10-16-11-9-15;/h1-5,13H,6-11H2;1H. The second kappa shape index (κ2) is 7.93. The molecule has 0 N–H and O–H groups in total. The second-order valence-corrected chi connectivity index (χ2v) is 4.43. The number of alkyl halides is 1. The van der Waals surface area contributed by atoms with Gasteiger partial charge < -0.3 is 4.74 Å². The van der Waals surface area contributed by atoms with Crippen molar-refractivity contribution in [3.8, 4) is 0 Å². The number of nitrogens with zero attached hydrogens (tertiary/aromatic N) is 1. The zero-order valence-corrected chi connectivity index (χ0v) is 11.4. The molecule has 0 aromatic heterocycles. The Morgan fingerprint density at radius 2 is 1.82 bits per heavy atom. The molecular formula is C13H19Cl2NO. The Hall–Kier alpha value is -0.280. The third kappa shape index (κ3) is 4.14. The molecule has 1 unspecified atom stereocenters.